The second kappa shape index (κ2) is 6.63. The van der Waals surface area contributed by atoms with Crippen LogP contribution in [-0.4, -0.2) is 25.8 Å². The fourth-order valence-electron chi connectivity index (χ4n) is 2.75. The van der Waals surface area contributed by atoms with Gasteiger partial charge in [-0.1, -0.05) is 13.3 Å². The summed E-state index contributed by atoms with van der Waals surface area (Å²) in [5.41, 5.74) is 0.656. The first-order valence-corrected chi connectivity index (χ1v) is 9.22. The van der Waals surface area contributed by atoms with E-state index in [1.165, 1.54) is 23.4 Å². The summed E-state index contributed by atoms with van der Waals surface area (Å²) >= 11 is 5.72. The summed E-state index contributed by atoms with van der Waals surface area (Å²) in [5, 5.41) is 0. The Morgan fingerprint density at radius 2 is 1.95 bits per heavy atom. The van der Waals surface area contributed by atoms with Crippen LogP contribution in [0, 0.1) is 18.7 Å². The van der Waals surface area contributed by atoms with Crippen molar-refractivity contribution < 1.29 is 12.8 Å². The Hall–Kier alpha value is -0.650. The monoisotopic (exact) mass is 333 g/mol. The van der Waals surface area contributed by atoms with E-state index < -0.39 is 15.8 Å². The van der Waals surface area contributed by atoms with Gasteiger partial charge in [0.15, 0.2) is 0 Å². The molecule has 0 bridgehead atoms. The van der Waals surface area contributed by atoms with Gasteiger partial charge in [-0.25, -0.2) is 12.8 Å². The third kappa shape index (κ3) is 3.41. The molecule has 6 heteroatoms. The lowest BCUT2D eigenvalue weighted by atomic mass is 9.96. The lowest BCUT2D eigenvalue weighted by molar-refractivity contribution is 0.269. The zero-order valence-corrected chi connectivity index (χ0v) is 14.0. The van der Waals surface area contributed by atoms with Crippen LogP contribution in [0.2, 0.25) is 0 Å². The Bertz CT molecular complexity index is 610. The van der Waals surface area contributed by atoms with E-state index in [2.05, 4.69) is 6.92 Å². The lowest BCUT2D eigenvalue weighted by Crippen LogP contribution is -2.38. The van der Waals surface area contributed by atoms with Crippen LogP contribution in [0.15, 0.2) is 17.0 Å². The van der Waals surface area contributed by atoms with Crippen LogP contribution in [0.25, 0.3) is 0 Å². The summed E-state index contributed by atoms with van der Waals surface area (Å²) in [6.07, 6.45) is 2.81. The molecular formula is C15H21ClFNO2S. The number of rotatable bonds is 4. The molecule has 1 fully saturated rings. The predicted molar refractivity (Wildman–Crippen MR) is 82.5 cm³/mol. The van der Waals surface area contributed by atoms with Gasteiger partial charge in [-0.3, -0.25) is 0 Å². The quantitative estimate of drug-likeness (QED) is 0.788. The number of piperidine rings is 1. The average molecular weight is 334 g/mol. The van der Waals surface area contributed by atoms with Crippen molar-refractivity contribution in [3.05, 3.63) is 29.1 Å². The molecule has 21 heavy (non-hydrogen) atoms. The first-order chi connectivity index (χ1) is 9.90. The van der Waals surface area contributed by atoms with Gasteiger partial charge in [-0.2, -0.15) is 4.31 Å². The summed E-state index contributed by atoms with van der Waals surface area (Å²) < 4.78 is 40.8. The summed E-state index contributed by atoms with van der Waals surface area (Å²) in [7, 11) is -3.64. The molecule has 0 radical (unpaired) electrons. The second-order valence-electron chi connectivity index (χ2n) is 5.59. The minimum Gasteiger partial charge on any atom is -0.207 e. The normalized spacial score (nSPS) is 18.1. The number of nitrogens with zero attached hydrogens (tertiary/aromatic N) is 1. The molecule has 0 spiro atoms. The molecule has 3 nitrogen and oxygen atoms in total. The summed E-state index contributed by atoms with van der Waals surface area (Å²) in [4.78, 5) is 0.0492. The highest BCUT2D eigenvalue weighted by molar-refractivity contribution is 7.89. The average Bonchev–Trinajstić information content (AvgIpc) is 2.49. The number of sulfonamides is 1. The van der Waals surface area contributed by atoms with Gasteiger partial charge in [0.05, 0.1) is 4.90 Å². The maximum Gasteiger partial charge on any atom is 0.243 e. The van der Waals surface area contributed by atoms with Crippen LogP contribution in [0.4, 0.5) is 4.39 Å². The smallest absolute Gasteiger partial charge is 0.207 e. The van der Waals surface area contributed by atoms with Gasteiger partial charge in [-0.05, 0) is 43.4 Å². The minimum absolute atomic E-state index is 0.0492. The van der Waals surface area contributed by atoms with E-state index in [9.17, 15) is 12.8 Å². The highest BCUT2D eigenvalue weighted by atomic mass is 35.5. The van der Waals surface area contributed by atoms with Crippen molar-refractivity contribution in [3.8, 4) is 0 Å². The van der Waals surface area contributed by atoms with Crippen LogP contribution < -0.4 is 0 Å². The number of halogens is 2. The standard InChI is InChI=1S/C15H21ClFNO2S/c1-3-12-4-6-18(7-5-12)21(19,20)15-9-13(10-16)8-14(17)11(15)2/h8-9,12H,3-7,10H2,1-2H3. The SMILES string of the molecule is CCC1CCN(S(=O)(=O)c2cc(CCl)cc(F)c2C)CC1. The van der Waals surface area contributed by atoms with Crippen molar-refractivity contribution in [2.45, 2.75) is 43.9 Å². The van der Waals surface area contributed by atoms with Crippen molar-refractivity contribution in [2.75, 3.05) is 13.1 Å². The van der Waals surface area contributed by atoms with Crippen LogP contribution in [0.3, 0.4) is 0 Å². The Labute approximate surface area is 131 Å². The van der Waals surface area contributed by atoms with Crippen molar-refractivity contribution in [1.29, 1.82) is 0 Å². The molecule has 0 N–H and O–H groups in total. The van der Waals surface area contributed by atoms with Crippen LogP contribution in [-0.2, 0) is 15.9 Å². The van der Waals surface area contributed by atoms with Crippen molar-refractivity contribution in [3.63, 3.8) is 0 Å². The third-order valence-electron chi connectivity index (χ3n) is 4.28. The maximum atomic E-state index is 13.9. The van der Waals surface area contributed by atoms with E-state index in [4.69, 9.17) is 11.6 Å². The minimum atomic E-state index is -3.64. The summed E-state index contributed by atoms with van der Waals surface area (Å²) in [6, 6.07) is 2.79. The van der Waals surface area contributed by atoms with Crippen LogP contribution >= 0.6 is 11.6 Å². The third-order valence-corrected chi connectivity index (χ3v) is 6.61. The largest absolute Gasteiger partial charge is 0.243 e. The molecule has 0 saturated carbocycles. The van der Waals surface area contributed by atoms with Crippen molar-refractivity contribution in [2.24, 2.45) is 5.92 Å². The van der Waals surface area contributed by atoms with E-state index in [0.29, 0.717) is 24.6 Å². The number of hydrogen-bond donors (Lipinski definition) is 0. The topological polar surface area (TPSA) is 37.4 Å². The molecular weight excluding hydrogens is 313 g/mol. The van der Waals surface area contributed by atoms with Crippen LogP contribution in [0.5, 0.6) is 0 Å². The Balaban J connectivity index is 2.34. The molecule has 118 valence electrons. The zero-order chi connectivity index (χ0) is 15.6. The number of hydrogen-bond acceptors (Lipinski definition) is 2. The Morgan fingerprint density at radius 1 is 1.33 bits per heavy atom. The van der Waals surface area contributed by atoms with Gasteiger partial charge in [0, 0.05) is 24.5 Å². The number of alkyl halides is 1. The molecule has 0 aliphatic carbocycles. The molecule has 0 amide bonds. The van der Waals surface area contributed by atoms with E-state index >= 15 is 0 Å². The maximum absolute atomic E-state index is 13.9. The van der Waals surface area contributed by atoms with Gasteiger partial charge in [0.2, 0.25) is 10.0 Å². The zero-order valence-electron chi connectivity index (χ0n) is 12.4. The second-order valence-corrected chi connectivity index (χ2v) is 7.76. The molecule has 1 saturated heterocycles. The Morgan fingerprint density at radius 3 is 2.48 bits per heavy atom. The van der Waals surface area contributed by atoms with Gasteiger partial charge in [0.1, 0.15) is 5.82 Å². The molecule has 1 aromatic carbocycles. The molecule has 2 rings (SSSR count). The fourth-order valence-corrected chi connectivity index (χ4v) is 4.66. The Kier molecular flexibility index (Phi) is 5.28. The van der Waals surface area contributed by atoms with E-state index in [-0.39, 0.29) is 16.3 Å². The summed E-state index contributed by atoms with van der Waals surface area (Å²) in [6.45, 7) is 4.64. The fraction of sp³-hybridized carbons (Fsp3) is 0.600. The first kappa shape index (κ1) is 16.7. The molecule has 0 aromatic heterocycles. The van der Waals surface area contributed by atoms with Gasteiger partial charge in [0.25, 0.3) is 0 Å². The molecule has 0 atom stereocenters. The first-order valence-electron chi connectivity index (χ1n) is 7.25. The highest BCUT2D eigenvalue weighted by Crippen LogP contribution is 2.29. The molecule has 0 unspecified atom stereocenters. The van der Waals surface area contributed by atoms with E-state index in [0.717, 1.165) is 19.3 Å². The molecule has 1 heterocycles. The van der Waals surface area contributed by atoms with Gasteiger partial charge < -0.3 is 0 Å². The van der Waals surface area contributed by atoms with Gasteiger partial charge >= 0.3 is 0 Å². The molecule has 1 aliphatic rings. The van der Waals surface area contributed by atoms with E-state index in [1.807, 2.05) is 0 Å². The van der Waals surface area contributed by atoms with Crippen LogP contribution in [0.1, 0.15) is 37.3 Å². The van der Waals surface area contributed by atoms with Crippen molar-refractivity contribution >= 4 is 21.6 Å². The van der Waals surface area contributed by atoms with Crippen molar-refractivity contribution in [1.82, 2.24) is 4.31 Å². The summed E-state index contributed by atoms with van der Waals surface area (Å²) in [5.74, 6) is 0.163. The molecule has 1 aliphatic heterocycles. The lowest BCUT2D eigenvalue weighted by Gasteiger charge is -2.31. The van der Waals surface area contributed by atoms with Gasteiger partial charge in [-0.15, -0.1) is 11.6 Å². The number of benzene rings is 1. The highest BCUT2D eigenvalue weighted by Gasteiger charge is 2.30. The predicted octanol–water partition coefficient (Wildman–Crippen LogP) is 3.68. The molecule has 1 aromatic rings. The van der Waals surface area contributed by atoms with E-state index in [1.54, 1.807) is 0 Å².